The van der Waals surface area contributed by atoms with Crippen LogP contribution >= 0.6 is 0 Å². The van der Waals surface area contributed by atoms with Gasteiger partial charge in [-0.25, -0.2) is 0 Å². The lowest BCUT2D eigenvalue weighted by Gasteiger charge is -2.20. The molecule has 0 saturated carbocycles. The van der Waals surface area contributed by atoms with Crippen LogP contribution in [0.1, 0.15) is 31.7 Å². The van der Waals surface area contributed by atoms with Gasteiger partial charge in [-0.1, -0.05) is 50.6 Å². The van der Waals surface area contributed by atoms with Crippen molar-refractivity contribution in [2.75, 3.05) is 7.11 Å². The second-order valence-electron chi connectivity index (χ2n) is 3.80. The third-order valence-corrected chi connectivity index (χ3v) is 2.83. The van der Waals surface area contributed by atoms with Gasteiger partial charge in [0.15, 0.2) is 0 Å². The van der Waals surface area contributed by atoms with Gasteiger partial charge in [-0.3, -0.25) is 4.79 Å². The van der Waals surface area contributed by atoms with Crippen LogP contribution in [-0.4, -0.2) is 13.1 Å². The van der Waals surface area contributed by atoms with Crippen molar-refractivity contribution in [2.24, 2.45) is 5.92 Å². The Kier molecular flexibility index (Phi) is 4.35. The summed E-state index contributed by atoms with van der Waals surface area (Å²) in [6.45, 7) is 4.16. The maximum Gasteiger partial charge on any atom is 0.313 e. The summed E-state index contributed by atoms with van der Waals surface area (Å²) in [5.41, 5.74) is 1.04. The summed E-state index contributed by atoms with van der Waals surface area (Å²) >= 11 is 0. The smallest absolute Gasteiger partial charge is 0.313 e. The normalized spacial score (nSPS) is 14.3. The summed E-state index contributed by atoms with van der Waals surface area (Å²) in [6.07, 6.45) is 0.967. The van der Waals surface area contributed by atoms with Crippen LogP contribution in [-0.2, 0) is 9.53 Å². The van der Waals surface area contributed by atoms with E-state index in [1.165, 1.54) is 7.11 Å². The molecule has 0 radical (unpaired) electrons. The molecule has 0 aromatic heterocycles. The summed E-state index contributed by atoms with van der Waals surface area (Å²) in [7, 11) is 1.45. The summed E-state index contributed by atoms with van der Waals surface area (Å²) < 4.78 is 4.85. The van der Waals surface area contributed by atoms with E-state index in [4.69, 9.17) is 4.74 Å². The Bertz CT molecular complexity index is 306. The van der Waals surface area contributed by atoms with Crippen LogP contribution < -0.4 is 0 Å². The van der Waals surface area contributed by atoms with E-state index in [1.54, 1.807) is 0 Å². The first kappa shape index (κ1) is 11.8. The maximum atomic E-state index is 11.7. The topological polar surface area (TPSA) is 26.3 Å². The molecular formula is C13H18O2. The van der Waals surface area contributed by atoms with E-state index in [2.05, 4.69) is 13.8 Å². The van der Waals surface area contributed by atoms with E-state index >= 15 is 0 Å². The zero-order valence-electron chi connectivity index (χ0n) is 9.57. The molecule has 0 fully saturated rings. The summed E-state index contributed by atoms with van der Waals surface area (Å²) in [5.74, 6) is 0.0246. The minimum Gasteiger partial charge on any atom is -0.469 e. The predicted octanol–water partition coefficient (Wildman–Crippen LogP) is 2.99. The zero-order valence-corrected chi connectivity index (χ0v) is 9.57. The standard InChI is InChI=1S/C13H18O2/c1-4-10(2)12(13(14)15-3)11-8-6-5-7-9-11/h5-10,12H,4H2,1-3H3/t10-,12-/m1/s1. The van der Waals surface area contributed by atoms with E-state index in [0.29, 0.717) is 5.92 Å². The van der Waals surface area contributed by atoms with E-state index in [-0.39, 0.29) is 11.9 Å². The van der Waals surface area contributed by atoms with Crippen LogP contribution in [0.2, 0.25) is 0 Å². The van der Waals surface area contributed by atoms with Gasteiger partial charge in [0.2, 0.25) is 0 Å². The highest BCUT2D eigenvalue weighted by Gasteiger charge is 2.26. The molecule has 0 aliphatic rings. The van der Waals surface area contributed by atoms with E-state index < -0.39 is 0 Å². The lowest BCUT2D eigenvalue weighted by Crippen LogP contribution is -2.20. The molecule has 0 amide bonds. The van der Waals surface area contributed by atoms with Crippen molar-refractivity contribution < 1.29 is 9.53 Å². The van der Waals surface area contributed by atoms with Crippen molar-refractivity contribution in [2.45, 2.75) is 26.2 Å². The number of methoxy groups -OCH3 is 1. The number of carbonyl (C=O) groups is 1. The maximum absolute atomic E-state index is 11.7. The molecule has 2 heteroatoms. The van der Waals surface area contributed by atoms with Crippen molar-refractivity contribution in [3.63, 3.8) is 0 Å². The average Bonchev–Trinajstić information content (AvgIpc) is 2.30. The predicted molar refractivity (Wildman–Crippen MR) is 60.7 cm³/mol. The lowest BCUT2D eigenvalue weighted by molar-refractivity contribution is -0.143. The molecule has 0 aliphatic heterocycles. The van der Waals surface area contributed by atoms with Crippen LogP contribution in [0.15, 0.2) is 30.3 Å². The number of benzene rings is 1. The van der Waals surface area contributed by atoms with Crippen molar-refractivity contribution in [3.05, 3.63) is 35.9 Å². The van der Waals surface area contributed by atoms with Gasteiger partial charge in [0.05, 0.1) is 13.0 Å². The number of hydrogen-bond donors (Lipinski definition) is 0. The molecule has 0 heterocycles. The van der Waals surface area contributed by atoms with Gasteiger partial charge in [0.25, 0.3) is 0 Å². The molecule has 2 nitrogen and oxygen atoms in total. The Hall–Kier alpha value is -1.31. The van der Waals surface area contributed by atoms with Gasteiger partial charge in [-0.15, -0.1) is 0 Å². The molecule has 82 valence electrons. The van der Waals surface area contributed by atoms with Gasteiger partial charge >= 0.3 is 5.97 Å². The number of carbonyl (C=O) groups excluding carboxylic acids is 1. The first-order chi connectivity index (χ1) is 7.20. The molecule has 0 bridgehead atoms. The SMILES string of the molecule is CC[C@@H](C)[C@@H](C(=O)OC)c1ccccc1. The number of rotatable bonds is 4. The van der Waals surface area contributed by atoms with Gasteiger partial charge < -0.3 is 4.74 Å². The Morgan fingerprint density at radius 3 is 2.40 bits per heavy atom. The molecule has 0 unspecified atom stereocenters. The zero-order chi connectivity index (χ0) is 11.3. The minimum atomic E-state index is -0.143. The summed E-state index contributed by atoms with van der Waals surface area (Å²) in [4.78, 5) is 11.7. The second kappa shape index (κ2) is 5.54. The minimum absolute atomic E-state index is 0.138. The highest BCUT2D eigenvalue weighted by molar-refractivity contribution is 5.78. The van der Waals surface area contributed by atoms with E-state index in [0.717, 1.165) is 12.0 Å². The molecule has 1 rings (SSSR count). The number of ether oxygens (including phenoxy) is 1. The van der Waals surface area contributed by atoms with Gasteiger partial charge in [0.1, 0.15) is 0 Å². The summed E-state index contributed by atoms with van der Waals surface area (Å²) in [5, 5.41) is 0. The van der Waals surface area contributed by atoms with E-state index in [9.17, 15) is 4.79 Å². The first-order valence-electron chi connectivity index (χ1n) is 5.33. The summed E-state index contributed by atoms with van der Waals surface area (Å²) in [6, 6.07) is 9.82. The fourth-order valence-corrected chi connectivity index (χ4v) is 1.72. The molecule has 1 aromatic rings. The van der Waals surface area contributed by atoms with Gasteiger partial charge in [-0.2, -0.15) is 0 Å². The third kappa shape index (κ3) is 2.82. The molecule has 0 aliphatic carbocycles. The van der Waals surface area contributed by atoms with Crippen molar-refractivity contribution in [1.29, 1.82) is 0 Å². The van der Waals surface area contributed by atoms with Crippen molar-refractivity contribution >= 4 is 5.97 Å². The van der Waals surface area contributed by atoms with Gasteiger partial charge in [0, 0.05) is 0 Å². The van der Waals surface area contributed by atoms with Crippen molar-refractivity contribution in [1.82, 2.24) is 0 Å². The Balaban J connectivity index is 2.96. The quantitative estimate of drug-likeness (QED) is 0.708. The largest absolute Gasteiger partial charge is 0.469 e. The van der Waals surface area contributed by atoms with Crippen LogP contribution in [0.4, 0.5) is 0 Å². The Morgan fingerprint density at radius 2 is 1.93 bits per heavy atom. The lowest BCUT2D eigenvalue weighted by atomic mass is 9.86. The molecule has 2 atom stereocenters. The fourth-order valence-electron chi connectivity index (χ4n) is 1.72. The molecule has 15 heavy (non-hydrogen) atoms. The van der Waals surface area contributed by atoms with Crippen LogP contribution in [0.3, 0.4) is 0 Å². The van der Waals surface area contributed by atoms with Gasteiger partial charge in [-0.05, 0) is 11.5 Å². The fraction of sp³-hybridized carbons (Fsp3) is 0.462. The third-order valence-electron chi connectivity index (χ3n) is 2.83. The van der Waals surface area contributed by atoms with Crippen molar-refractivity contribution in [3.8, 4) is 0 Å². The molecular weight excluding hydrogens is 188 g/mol. The van der Waals surface area contributed by atoms with Crippen LogP contribution in [0, 0.1) is 5.92 Å². The molecule has 0 saturated heterocycles. The van der Waals surface area contributed by atoms with Crippen LogP contribution in [0.25, 0.3) is 0 Å². The van der Waals surface area contributed by atoms with E-state index in [1.807, 2.05) is 30.3 Å². The molecule has 0 spiro atoms. The molecule has 0 N–H and O–H groups in total. The Labute approximate surface area is 91.3 Å². The first-order valence-corrected chi connectivity index (χ1v) is 5.33. The second-order valence-corrected chi connectivity index (χ2v) is 3.80. The molecule has 1 aromatic carbocycles. The monoisotopic (exact) mass is 206 g/mol. The number of hydrogen-bond acceptors (Lipinski definition) is 2. The highest BCUT2D eigenvalue weighted by atomic mass is 16.5. The Morgan fingerprint density at radius 1 is 1.33 bits per heavy atom. The highest BCUT2D eigenvalue weighted by Crippen LogP contribution is 2.27. The average molecular weight is 206 g/mol. The number of esters is 1. The van der Waals surface area contributed by atoms with Crippen LogP contribution in [0.5, 0.6) is 0 Å².